The Kier molecular flexibility index (Phi) is 6.19. The molecule has 0 amide bonds. The second-order valence-corrected chi connectivity index (χ2v) is 8.96. The van der Waals surface area contributed by atoms with Gasteiger partial charge in [0.1, 0.15) is 10.8 Å². The van der Waals surface area contributed by atoms with Crippen LogP contribution in [0.2, 0.25) is 0 Å². The Morgan fingerprint density at radius 3 is 2.61 bits per heavy atom. The van der Waals surface area contributed by atoms with Crippen LogP contribution < -0.4 is 10.5 Å². The van der Waals surface area contributed by atoms with Crippen LogP contribution in [0, 0.1) is 5.82 Å². The van der Waals surface area contributed by atoms with Crippen molar-refractivity contribution in [3.63, 3.8) is 0 Å². The summed E-state index contributed by atoms with van der Waals surface area (Å²) >= 11 is 1.32. The summed E-state index contributed by atoms with van der Waals surface area (Å²) in [6, 6.07) is 12.8. The van der Waals surface area contributed by atoms with Crippen molar-refractivity contribution in [2.24, 2.45) is 5.14 Å². The van der Waals surface area contributed by atoms with Crippen molar-refractivity contribution in [1.82, 2.24) is 15.5 Å². The molecule has 0 fully saturated rings. The van der Waals surface area contributed by atoms with E-state index in [9.17, 15) is 12.8 Å². The molecule has 2 atom stereocenters. The van der Waals surface area contributed by atoms with E-state index in [0.717, 1.165) is 17.0 Å². The average molecular weight is 421 g/mol. The summed E-state index contributed by atoms with van der Waals surface area (Å²) in [5, 5.41) is 18.2. The maximum absolute atomic E-state index is 14.0. The molecular weight excluding hydrogens is 399 g/mol. The lowest BCUT2D eigenvalue weighted by atomic mass is 10.0. The van der Waals surface area contributed by atoms with E-state index in [1.807, 2.05) is 19.9 Å². The Balaban J connectivity index is 1.80. The summed E-state index contributed by atoms with van der Waals surface area (Å²) in [4.78, 5) is 0.0793. The smallest absolute Gasteiger partial charge is 0.238 e. The number of benzene rings is 2. The minimum Gasteiger partial charge on any atom is -0.301 e. The molecule has 0 aliphatic rings. The Morgan fingerprint density at radius 1 is 1.18 bits per heavy atom. The molecule has 0 saturated heterocycles. The Bertz CT molecular complexity index is 1070. The fourth-order valence-electron chi connectivity index (χ4n) is 2.88. The summed E-state index contributed by atoms with van der Waals surface area (Å²) in [6.07, 6.45) is 0.734. The van der Waals surface area contributed by atoms with Gasteiger partial charge in [0.05, 0.1) is 10.9 Å². The van der Waals surface area contributed by atoms with E-state index in [1.165, 1.54) is 23.5 Å². The summed E-state index contributed by atoms with van der Waals surface area (Å²) < 4.78 is 37.2. The molecule has 6 nitrogen and oxygen atoms in total. The Labute approximate surface area is 167 Å². The first-order valence-electron chi connectivity index (χ1n) is 8.76. The highest BCUT2D eigenvalue weighted by atomic mass is 32.2. The third kappa shape index (κ3) is 4.61. The molecule has 0 unspecified atom stereocenters. The predicted molar refractivity (Wildman–Crippen MR) is 108 cm³/mol. The standard InChI is InChI=1S/C19H21FN4O2S2/c1-3-17(13-7-6-8-14(11-13)28(21,25)26)22-12(2)18-23-24-19(27-18)15-9-4-5-10-16(15)20/h4-12,17,22H,3H2,1-2H3,(H2,21,25,26)/t12-,17-/m0/s1. The number of nitrogens with one attached hydrogen (secondary N) is 1. The van der Waals surface area contributed by atoms with Crippen LogP contribution in [0.15, 0.2) is 53.4 Å². The molecule has 1 aromatic heterocycles. The molecule has 0 aliphatic heterocycles. The van der Waals surface area contributed by atoms with Crippen LogP contribution in [-0.4, -0.2) is 18.6 Å². The predicted octanol–water partition coefficient (Wildman–Crippen LogP) is 3.79. The highest BCUT2D eigenvalue weighted by molar-refractivity contribution is 7.89. The zero-order chi connectivity index (χ0) is 20.3. The molecule has 0 radical (unpaired) electrons. The molecule has 0 saturated carbocycles. The molecule has 9 heteroatoms. The lowest BCUT2D eigenvalue weighted by Crippen LogP contribution is -2.24. The maximum Gasteiger partial charge on any atom is 0.238 e. The molecule has 28 heavy (non-hydrogen) atoms. The van der Waals surface area contributed by atoms with E-state index >= 15 is 0 Å². The minimum atomic E-state index is -3.76. The topological polar surface area (TPSA) is 98.0 Å². The van der Waals surface area contributed by atoms with E-state index < -0.39 is 10.0 Å². The molecule has 3 N–H and O–H groups in total. The summed E-state index contributed by atoms with van der Waals surface area (Å²) in [5.41, 5.74) is 1.24. The van der Waals surface area contributed by atoms with Gasteiger partial charge in [-0.2, -0.15) is 0 Å². The van der Waals surface area contributed by atoms with E-state index in [0.29, 0.717) is 10.6 Å². The molecule has 3 rings (SSSR count). The summed E-state index contributed by atoms with van der Waals surface area (Å²) in [6.45, 7) is 3.94. The van der Waals surface area contributed by atoms with Gasteiger partial charge in [-0.25, -0.2) is 17.9 Å². The first-order valence-corrected chi connectivity index (χ1v) is 11.1. The lowest BCUT2D eigenvalue weighted by molar-refractivity contribution is 0.453. The molecule has 0 spiro atoms. The number of hydrogen-bond acceptors (Lipinski definition) is 6. The van der Waals surface area contributed by atoms with Crippen molar-refractivity contribution in [2.75, 3.05) is 0 Å². The molecule has 148 valence electrons. The third-order valence-electron chi connectivity index (χ3n) is 4.36. The highest BCUT2D eigenvalue weighted by Crippen LogP contribution is 2.30. The van der Waals surface area contributed by atoms with Crippen LogP contribution in [0.25, 0.3) is 10.6 Å². The average Bonchev–Trinajstić information content (AvgIpc) is 3.16. The van der Waals surface area contributed by atoms with Gasteiger partial charge in [0.2, 0.25) is 10.0 Å². The second-order valence-electron chi connectivity index (χ2n) is 6.39. The fraction of sp³-hybridized carbons (Fsp3) is 0.263. The van der Waals surface area contributed by atoms with Crippen molar-refractivity contribution < 1.29 is 12.8 Å². The van der Waals surface area contributed by atoms with Gasteiger partial charge in [-0.1, -0.05) is 42.5 Å². The van der Waals surface area contributed by atoms with E-state index in [1.54, 1.807) is 30.3 Å². The van der Waals surface area contributed by atoms with Gasteiger partial charge in [0.25, 0.3) is 0 Å². The SMILES string of the molecule is CC[C@H](N[C@@H](C)c1nnc(-c2ccccc2F)s1)c1cccc(S(N)(=O)=O)c1. The molecule has 2 aromatic carbocycles. The number of halogens is 1. The van der Waals surface area contributed by atoms with Gasteiger partial charge in [0, 0.05) is 11.6 Å². The second kappa shape index (κ2) is 8.44. The first kappa shape index (κ1) is 20.5. The van der Waals surface area contributed by atoms with Crippen LogP contribution in [0.4, 0.5) is 4.39 Å². The summed E-state index contributed by atoms with van der Waals surface area (Å²) in [5.74, 6) is -0.336. The number of primary sulfonamides is 1. The third-order valence-corrected chi connectivity index (χ3v) is 6.41. The van der Waals surface area contributed by atoms with Crippen LogP contribution in [0.5, 0.6) is 0 Å². The van der Waals surface area contributed by atoms with Crippen molar-refractivity contribution in [3.8, 4) is 10.6 Å². The maximum atomic E-state index is 14.0. The zero-order valence-corrected chi connectivity index (χ0v) is 17.1. The van der Waals surface area contributed by atoms with Crippen molar-refractivity contribution in [1.29, 1.82) is 0 Å². The number of rotatable bonds is 7. The van der Waals surface area contributed by atoms with Gasteiger partial charge >= 0.3 is 0 Å². The van der Waals surface area contributed by atoms with Gasteiger partial charge < -0.3 is 5.32 Å². The van der Waals surface area contributed by atoms with Crippen molar-refractivity contribution in [2.45, 2.75) is 37.2 Å². The monoisotopic (exact) mass is 420 g/mol. The highest BCUT2D eigenvalue weighted by Gasteiger charge is 2.20. The van der Waals surface area contributed by atoms with Crippen LogP contribution in [0.1, 0.15) is 42.9 Å². The molecule has 0 bridgehead atoms. The van der Waals surface area contributed by atoms with E-state index in [2.05, 4.69) is 15.5 Å². The number of hydrogen-bond donors (Lipinski definition) is 2. The number of aromatic nitrogens is 2. The van der Waals surface area contributed by atoms with Gasteiger partial charge in [-0.15, -0.1) is 10.2 Å². The van der Waals surface area contributed by atoms with Crippen molar-refractivity contribution >= 4 is 21.4 Å². The van der Waals surface area contributed by atoms with Crippen LogP contribution >= 0.6 is 11.3 Å². The van der Waals surface area contributed by atoms with Crippen LogP contribution in [-0.2, 0) is 10.0 Å². The quantitative estimate of drug-likeness (QED) is 0.606. The van der Waals surface area contributed by atoms with E-state index in [4.69, 9.17) is 5.14 Å². The first-order chi connectivity index (χ1) is 13.3. The van der Waals surface area contributed by atoms with Gasteiger partial charge in [-0.05, 0) is 43.2 Å². The minimum absolute atomic E-state index is 0.0793. The van der Waals surface area contributed by atoms with E-state index in [-0.39, 0.29) is 22.8 Å². The molecule has 3 aromatic rings. The number of nitrogens with zero attached hydrogens (tertiary/aromatic N) is 2. The largest absolute Gasteiger partial charge is 0.301 e. The molecular formula is C19H21FN4O2S2. The van der Waals surface area contributed by atoms with Gasteiger partial charge in [0.15, 0.2) is 5.01 Å². The zero-order valence-electron chi connectivity index (χ0n) is 15.5. The Morgan fingerprint density at radius 2 is 1.93 bits per heavy atom. The number of nitrogens with two attached hydrogens (primary N) is 1. The molecule has 1 heterocycles. The Hall–Kier alpha value is -2.20. The van der Waals surface area contributed by atoms with Crippen molar-refractivity contribution in [3.05, 3.63) is 64.9 Å². The molecule has 0 aliphatic carbocycles. The van der Waals surface area contributed by atoms with Crippen LogP contribution in [0.3, 0.4) is 0 Å². The number of sulfonamides is 1. The fourth-order valence-corrected chi connectivity index (χ4v) is 4.33. The lowest BCUT2D eigenvalue weighted by Gasteiger charge is -2.21. The van der Waals surface area contributed by atoms with Gasteiger partial charge in [-0.3, -0.25) is 0 Å². The summed E-state index contributed by atoms with van der Waals surface area (Å²) in [7, 11) is -3.76. The normalized spacial score (nSPS) is 14.0.